The molecule has 6 unspecified atom stereocenters. The average molecular weight is 1580 g/mol. The Morgan fingerprint density at radius 3 is 1.05 bits per heavy atom. The summed E-state index contributed by atoms with van der Waals surface area (Å²) in [4.78, 5) is 72.3. The van der Waals surface area contributed by atoms with Crippen LogP contribution in [0.3, 0.4) is 0 Å². The lowest BCUT2D eigenvalue weighted by Crippen LogP contribution is -2.62. The van der Waals surface area contributed by atoms with E-state index in [1.807, 2.05) is 132 Å². The standard InChI is InChI=1S/C23H35F3O4.C19H29F3O4.C13H24O2.C12H22O2.C11H22O2.C10H20O2/c1-3-20(2,23(24,25)26)19(27)30-22-12-16-9-17(13-22)11-21(10-16,14-22)29-15-28-18-7-5-4-6-8-18;1-4-16(3,19(20,21)22)15(23)26-18-9-13-6-14(10-18)8-17(7-13,11-18)25-12-24-5-2;1-5-12(3,4)11(14)15-13(6-2)9-7-8-10-13;1-5-11(2,3)10(13)14-12(4)8-6-7-9-12;1-7-10(3,4)9(12)13-11(5,6)8-2;1-7-10(5,6)8(11)12-9(2,3)4/h16-18H,3-15H2,1-2H3;13-14H,4-12H2,1-3H3;5-10H2,1-4H3;5-9H2,1-4H3;7-8H2,1-6H3;7H2,1-6H3. The average Bonchev–Trinajstić information content (AvgIpc) is 0.855. The van der Waals surface area contributed by atoms with Crippen molar-refractivity contribution in [2.45, 2.75) is 448 Å². The molecule has 11 aliphatic rings. The first-order valence-corrected chi connectivity index (χ1v) is 42.5. The Hall–Kier alpha value is -3.76. The molecule has 0 aliphatic heterocycles. The molecule has 0 N–H and O–H groups in total. The molecule has 6 atom stereocenters. The Kier molecular flexibility index (Phi) is 35.0. The summed E-state index contributed by atoms with van der Waals surface area (Å²) in [6.45, 7) is 46.8. The number of halogens is 6. The molecule has 16 nitrogen and oxygen atoms in total. The molecule has 0 aromatic carbocycles. The molecule has 22 heteroatoms. The fourth-order valence-electron chi connectivity index (χ4n) is 17.0. The molecule has 0 radical (unpaired) electrons. The van der Waals surface area contributed by atoms with Gasteiger partial charge in [0.15, 0.2) is 10.8 Å². The summed E-state index contributed by atoms with van der Waals surface area (Å²) in [5.74, 6) is -1.19. The second kappa shape index (κ2) is 39.0. The number of alkyl halides is 6. The number of rotatable bonds is 27. The smallest absolute Gasteiger partial charge is 0.404 e. The first kappa shape index (κ1) is 98.6. The molecule has 11 saturated carbocycles. The monoisotopic (exact) mass is 1580 g/mol. The van der Waals surface area contributed by atoms with Crippen molar-refractivity contribution in [1.29, 1.82) is 0 Å². The molecule has 8 bridgehead atoms. The fraction of sp³-hybridized carbons (Fsp3) is 0.932. The van der Waals surface area contributed by atoms with E-state index in [1.165, 1.54) is 58.8 Å². The number of hydrogen-bond acceptors (Lipinski definition) is 16. The minimum Gasteiger partial charge on any atom is -0.460 e. The van der Waals surface area contributed by atoms with Crippen molar-refractivity contribution in [2.75, 3.05) is 20.2 Å². The SMILES string of the molecule is CCC(C)(C(=O)OC12CC3CC(CC(OCOC4CCCCC4)(C3)C1)C2)C(F)(F)F.CCC(C)(C)C(=O)OC(C)(C)C.CCC(C)(C)C(=O)OC1(C)CCCC1.CCC(C)(C)OC(=O)C(C)(C)CC.CCC1(OC(=O)C(C)(C)CC)CCCC1.CCOCOC12CC3CC(C1)CC(OC(=O)C(C)(CC)C(F)(F)F)(C3)C2. The van der Waals surface area contributed by atoms with E-state index in [4.69, 9.17) is 47.4 Å². The van der Waals surface area contributed by atoms with Crippen LogP contribution in [0.2, 0.25) is 0 Å². The van der Waals surface area contributed by atoms with Crippen LogP contribution in [0, 0.1) is 56.2 Å². The Morgan fingerprint density at radius 1 is 0.373 bits per heavy atom. The molecule has 11 fully saturated rings. The minimum atomic E-state index is -4.62. The van der Waals surface area contributed by atoms with E-state index < -0.39 is 57.5 Å². The summed E-state index contributed by atoms with van der Waals surface area (Å²) in [5, 5.41) is 0. The molecule has 0 saturated heterocycles. The first-order chi connectivity index (χ1) is 50.4. The quantitative estimate of drug-likeness (QED) is 0.0247. The number of hydrogen-bond donors (Lipinski definition) is 0. The maximum absolute atomic E-state index is 13.6. The number of ether oxygens (including phenoxy) is 10. The van der Waals surface area contributed by atoms with Crippen LogP contribution in [-0.4, -0.2) is 119 Å². The number of esters is 6. The van der Waals surface area contributed by atoms with Crippen molar-refractivity contribution in [1.82, 2.24) is 0 Å². The highest BCUT2D eigenvalue weighted by atomic mass is 19.4. The largest absolute Gasteiger partial charge is 0.460 e. The molecule has 0 spiro atoms. The van der Waals surface area contributed by atoms with Gasteiger partial charge in [-0.25, -0.2) is 0 Å². The second-order valence-corrected chi connectivity index (χ2v) is 39.4. The van der Waals surface area contributed by atoms with Crippen LogP contribution in [0.1, 0.15) is 385 Å². The molecular formula is C88H152F6O16. The lowest BCUT2D eigenvalue weighted by molar-refractivity contribution is -0.274. The lowest BCUT2D eigenvalue weighted by Gasteiger charge is -2.60. The molecule has 0 amide bonds. The third-order valence-corrected chi connectivity index (χ3v) is 26.8. The number of carbonyl (C=O) groups is 6. The van der Waals surface area contributed by atoms with E-state index in [0.717, 1.165) is 129 Å². The van der Waals surface area contributed by atoms with Crippen molar-refractivity contribution in [3.05, 3.63) is 0 Å². The number of carbonyl (C=O) groups excluding carboxylic acids is 6. The lowest BCUT2D eigenvalue weighted by atomic mass is 9.52. The summed E-state index contributed by atoms with van der Waals surface area (Å²) in [5.41, 5.74) is -9.82. The van der Waals surface area contributed by atoms with E-state index in [1.54, 1.807) is 0 Å². The van der Waals surface area contributed by atoms with Crippen LogP contribution in [-0.2, 0) is 76.1 Å². The van der Waals surface area contributed by atoms with Gasteiger partial charge in [-0.15, -0.1) is 0 Å². The topological polar surface area (TPSA) is 195 Å². The fourth-order valence-corrected chi connectivity index (χ4v) is 17.0. The highest BCUT2D eigenvalue weighted by Crippen LogP contribution is 2.63. The zero-order valence-electron chi connectivity index (χ0n) is 73.1. The van der Waals surface area contributed by atoms with E-state index in [9.17, 15) is 55.1 Å². The molecular weight excluding hydrogens is 1430 g/mol. The van der Waals surface area contributed by atoms with E-state index in [2.05, 4.69) is 13.8 Å². The highest BCUT2D eigenvalue weighted by Gasteiger charge is 2.66. The van der Waals surface area contributed by atoms with Gasteiger partial charge in [0.05, 0.1) is 39.0 Å². The predicted molar refractivity (Wildman–Crippen MR) is 416 cm³/mol. The molecule has 0 aromatic heterocycles. The van der Waals surface area contributed by atoms with Crippen molar-refractivity contribution < 1.29 is 102 Å². The van der Waals surface area contributed by atoms with Crippen LogP contribution >= 0.6 is 0 Å². The van der Waals surface area contributed by atoms with Crippen LogP contribution in [0.25, 0.3) is 0 Å². The van der Waals surface area contributed by atoms with Crippen LogP contribution < -0.4 is 0 Å². The summed E-state index contributed by atoms with van der Waals surface area (Å²) in [6, 6.07) is 0. The van der Waals surface area contributed by atoms with Crippen LogP contribution in [0.5, 0.6) is 0 Å². The van der Waals surface area contributed by atoms with E-state index in [0.29, 0.717) is 68.8 Å². The summed E-state index contributed by atoms with van der Waals surface area (Å²) >= 11 is 0. The molecule has 0 aromatic rings. The normalized spacial score (nSPS) is 27.8. The summed E-state index contributed by atoms with van der Waals surface area (Å²) < 4.78 is 138. The Bertz CT molecular complexity index is 2900. The van der Waals surface area contributed by atoms with Gasteiger partial charge in [0.1, 0.15) is 47.2 Å². The van der Waals surface area contributed by atoms with E-state index >= 15 is 0 Å². The Balaban J connectivity index is 0.000000291. The van der Waals surface area contributed by atoms with E-state index in [-0.39, 0.29) is 100 Å². The van der Waals surface area contributed by atoms with Crippen LogP contribution in [0.15, 0.2) is 0 Å². The Morgan fingerprint density at radius 2 is 0.718 bits per heavy atom. The zero-order valence-corrected chi connectivity index (χ0v) is 73.1. The van der Waals surface area contributed by atoms with Gasteiger partial charge in [-0.2, -0.15) is 26.3 Å². The van der Waals surface area contributed by atoms with Gasteiger partial charge in [-0.3, -0.25) is 28.8 Å². The van der Waals surface area contributed by atoms with Crippen molar-refractivity contribution in [3.8, 4) is 0 Å². The maximum Gasteiger partial charge on any atom is 0.404 e. The molecule has 11 rings (SSSR count). The second-order valence-electron chi connectivity index (χ2n) is 39.4. The van der Waals surface area contributed by atoms with Gasteiger partial charge in [-0.1, -0.05) is 74.7 Å². The predicted octanol–water partition coefficient (Wildman–Crippen LogP) is 23.4. The van der Waals surface area contributed by atoms with Gasteiger partial charge in [0, 0.05) is 19.4 Å². The van der Waals surface area contributed by atoms with Crippen molar-refractivity contribution in [3.63, 3.8) is 0 Å². The van der Waals surface area contributed by atoms with Crippen molar-refractivity contribution >= 4 is 35.8 Å². The van der Waals surface area contributed by atoms with Gasteiger partial charge in [0.2, 0.25) is 0 Å². The first-order valence-electron chi connectivity index (χ1n) is 42.5. The Labute approximate surface area is 660 Å². The van der Waals surface area contributed by atoms with Gasteiger partial charge >= 0.3 is 48.2 Å². The molecule has 11 aliphatic carbocycles. The molecule has 642 valence electrons. The van der Waals surface area contributed by atoms with Crippen LogP contribution in [0.4, 0.5) is 26.3 Å². The third-order valence-electron chi connectivity index (χ3n) is 26.8. The molecule has 110 heavy (non-hydrogen) atoms. The summed E-state index contributed by atoms with van der Waals surface area (Å²) in [6.07, 6.45) is 19.4. The minimum absolute atomic E-state index is 0.0197. The molecule has 0 heterocycles. The van der Waals surface area contributed by atoms with Gasteiger partial charge in [-0.05, 0) is 321 Å². The highest BCUT2D eigenvalue weighted by molar-refractivity contribution is 5.79. The summed E-state index contributed by atoms with van der Waals surface area (Å²) in [7, 11) is 0. The van der Waals surface area contributed by atoms with Gasteiger partial charge in [0.25, 0.3) is 0 Å². The maximum atomic E-state index is 13.6. The van der Waals surface area contributed by atoms with Crippen molar-refractivity contribution in [2.24, 2.45) is 56.2 Å². The van der Waals surface area contributed by atoms with Gasteiger partial charge < -0.3 is 47.4 Å². The third kappa shape index (κ3) is 26.9. The zero-order chi connectivity index (χ0) is 83.9.